The lowest BCUT2D eigenvalue weighted by molar-refractivity contribution is 1.39. The van der Waals surface area contributed by atoms with Gasteiger partial charge in [0.1, 0.15) is 0 Å². The SMILES string of the molecule is Ic1c(I)c(I)c(I)c(I)c1I. The molecule has 0 spiro atoms. The first-order valence-electron chi connectivity index (χ1n) is 2.63. The Morgan fingerprint density at radius 1 is 0.333 bits per heavy atom. The molecule has 0 amide bonds. The Bertz CT molecular complexity index is 226. The van der Waals surface area contributed by atoms with Crippen LogP contribution in [0, 0.1) is 21.4 Å². The van der Waals surface area contributed by atoms with Crippen molar-refractivity contribution in [2.45, 2.75) is 0 Å². The van der Waals surface area contributed by atoms with Crippen molar-refractivity contribution in [3.8, 4) is 0 Å². The van der Waals surface area contributed by atoms with E-state index in [-0.39, 0.29) is 0 Å². The van der Waals surface area contributed by atoms with Crippen LogP contribution in [0.5, 0.6) is 0 Å². The van der Waals surface area contributed by atoms with Gasteiger partial charge in [-0.15, -0.1) is 0 Å². The maximum atomic E-state index is 2.41. The molecule has 0 fully saturated rings. The highest BCUT2D eigenvalue weighted by atomic mass is 127. The molecule has 0 radical (unpaired) electrons. The predicted molar refractivity (Wildman–Crippen MR) is 103 cm³/mol. The standard InChI is InChI=1S/C6I6/c7-1-2(8)4(10)6(12)5(11)3(1)9. The minimum absolute atomic E-state index is 1.38. The number of benzene rings is 1. The minimum atomic E-state index is 1.38. The van der Waals surface area contributed by atoms with Crippen molar-refractivity contribution >= 4 is 136 Å². The molecule has 0 aliphatic heterocycles. The molecule has 1 rings (SSSR count). The van der Waals surface area contributed by atoms with E-state index < -0.39 is 0 Å². The van der Waals surface area contributed by atoms with Crippen molar-refractivity contribution in [3.63, 3.8) is 0 Å². The number of hydrogen-bond acceptors (Lipinski definition) is 0. The van der Waals surface area contributed by atoms with E-state index in [0.717, 1.165) is 0 Å². The fourth-order valence-corrected chi connectivity index (χ4v) is 6.91. The van der Waals surface area contributed by atoms with Crippen molar-refractivity contribution in [2.24, 2.45) is 0 Å². The summed E-state index contributed by atoms with van der Waals surface area (Å²) >= 11 is 14.5. The van der Waals surface area contributed by atoms with Gasteiger partial charge in [-0.2, -0.15) is 0 Å². The number of halogens is 6. The van der Waals surface area contributed by atoms with E-state index in [1.54, 1.807) is 0 Å². The fraction of sp³-hybridized carbons (Fsp3) is 0. The monoisotopic (exact) mass is 833 g/mol. The van der Waals surface area contributed by atoms with Gasteiger partial charge in [0.05, 0.1) is 0 Å². The molecule has 12 heavy (non-hydrogen) atoms. The van der Waals surface area contributed by atoms with Gasteiger partial charge in [0.2, 0.25) is 0 Å². The second-order valence-corrected chi connectivity index (χ2v) is 8.36. The van der Waals surface area contributed by atoms with Gasteiger partial charge in [0.25, 0.3) is 0 Å². The van der Waals surface area contributed by atoms with Gasteiger partial charge in [0, 0.05) is 21.4 Å². The smallest absolute Gasteiger partial charge is 0.0419 e. The van der Waals surface area contributed by atoms with Gasteiger partial charge in [0.15, 0.2) is 0 Å². The largest absolute Gasteiger partial charge is 0.0419 e. The molecule has 1 aromatic carbocycles. The lowest BCUT2D eigenvalue weighted by atomic mass is 10.4. The molecule has 0 aliphatic rings. The summed E-state index contributed by atoms with van der Waals surface area (Å²) in [5.74, 6) is 0. The summed E-state index contributed by atoms with van der Waals surface area (Å²) in [7, 11) is 0. The van der Waals surface area contributed by atoms with Crippen LogP contribution in [0.2, 0.25) is 0 Å². The summed E-state index contributed by atoms with van der Waals surface area (Å²) in [5, 5.41) is 0. The predicted octanol–water partition coefficient (Wildman–Crippen LogP) is 5.31. The average Bonchev–Trinajstić information content (AvgIpc) is 2.08. The fourth-order valence-electron chi connectivity index (χ4n) is 0.578. The molecule has 0 aliphatic carbocycles. The lowest BCUT2D eigenvalue weighted by Gasteiger charge is -2.08. The van der Waals surface area contributed by atoms with Gasteiger partial charge in [-0.05, 0) is 136 Å². The van der Waals surface area contributed by atoms with Crippen molar-refractivity contribution < 1.29 is 0 Å². The zero-order valence-electron chi connectivity index (χ0n) is 5.27. The van der Waals surface area contributed by atoms with E-state index in [1.165, 1.54) is 21.4 Å². The van der Waals surface area contributed by atoms with Crippen LogP contribution in [-0.4, -0.2) is 0 Å². The van der Waals surface area contributed by atoms with Crippen LogP contribution >= 0.6 is 136 Å². The lowest BCUT2D eigenvalue weighted by Crippen LogP contribution is -1.98. The van der Waals surface area contributed by atoms with E-state index in [0.29, 0.717) is 0 Å². The molecule has 0 saturated carbocycles. The van der Waals surface area contributed by atoms with Crippen molar-refractivity contribution in [3.05, 3.63) is 21.4 Å². The first-order chi connectivity index (χ1) is 5.46. The summed E-state index contributed by atoms with van der Waals surface area (Å²) in [6.45, 7) is 0. The Labute approximate surface area is 153 Å². The maximum Gasteiger partial charge on any atom is 0.0419 e. The third-order valence-corrected chi connectivity index (χ3v) is 13.8. The Balaban J connectivity index is 3.60. The van der Waals surface area contributed by atoms with Crippen LogP contribution in [-0.2, 0) is 0 Å². The second-order valence-electron chi connectivity index (χ2n) is 1.88. The van der Waals surface area contributed by atoms with Crippen LogP contribution in [0.25, 0.3) is 0 Å². The van der Waals surface area contributed by atoms with Crippen LogP contribution in [0.3, 0.4) is 0 Å². The molecule has 66 valence electrons. The zero-order chi connectivity index (χ0) is 9.46. The molecule has 0 atom stereocenters. The van der Waals surface area contributed by atoms with E-state index >= 15 is 0 Å². The van der Waals surface area contributed by atoms with E-state index in [9.17, 15) is 0 Å². The molecule has 0 saturated heterocycles. The topological polar surface area (TPSA) is 0 Å². The third kappa shape index (κ3) is 2.83. The summed E-state index contributed by atoms with van der Waals surface area (Å²) in [6, 6.07) is 0. The van der Waals surface area contributed by atoms with Crippen molar-refractivity contribution in [1.29, 1.82) is 0 Å². The minimum Gasteiger partial charge on any atom is -0.0419 e. The summed E-state index contributed by atoms with van der Waals surface area (Å²) < 4.78 is 8.27. The Morgan fingerprint density at radius 2 is 0.417 bits per heavy atom. The zero-order valence-corrected chi connectivity index (χ0v) is 18.2. The summed E-state index contributed by atoms with van der Waals surface area (Å²) in [4.78, 5) is 0. The summed E-state index contributed by atoms with van der Waals surface area (Å²) in [6.07, 6.45) is 0. The van der Waals surface area contributed by atoms with Crippen LogP contribution in [0.1, 0.15) is 0 Å². The second kappa shape index (κ2) is 5.79. The summed E-state index contributed by atoms with van der Waals surface area (Å²) in [5.41, 5.74) is 0. The molecule has 0 bridgehead atoms. The van der Waals surface area contributed by atoms with E-state index in [1.807, 2.05) is 0 Å². The van der Waals surface area contributed by atoms with Crippen molar-refractivity contribution in [1.82, 2.24) is 0 Å². The highest BCUT2D eigenvalue weighted by Gasteiger charge is 2.14. The van der Waals surface area contributed by atoms with Crippen LogP contribution in [0.15, 0.2) is 0 Å². The van der Waals surface area contributed by atoms with Crippen LogP contribution in [0.4, 0.5) is 0 Å². The molecule has 0 aromatic heterocycles. The van der Waals surface area contributed by atoms with Gasteiger partial charge in [-0.25, -0.2) is 0 Å². The normalized spacial score (nSPS) is 10.5. The van der Waals surface area contributed by atoms with Crippen LogP contribution < -0.4 is 0 Å². The molecular formula is C6I6. The molecule has 0 heterocycles. The number of rotatable bonds is 0. The quantitative estimate of drug-likeness (QED) is 0.189. The molecule has 0 N–H and O–H groups in total. The molecule has 6 heteroatoms. The van der Waals surface area contributed by atoms with Gasteiger partial charge in [-0.1, -0.05) is 0 Å². The Hall–Kier alpha value is 3.60. The first kappa shape index (κ1) is 13.7. The van der Waals surface area contributed by atoms with E-state index in [2.05, 4.69) is 136 Å². The molecule has 0 nitrogen and oxygen atoms in total. The molecular weight excluding hydrogens is 833 g/mol. The van der Waals surface area contributed by atoms with Gasteiger partial charge >= 0.3 is 0 Å². The highest BCUT2D eigenvalue weighted by Crippen LogP contribution is 2.34. The average molecular weight is 833 g/mol. The molecule has 1 aromatic rings. The third-order valence-electron chi connectivity index (χ3n) is 1.16. The first-order valence-corrected chi connectivity index (χ1v) is 9.11. The maximum absolute atomic E-state index is 2.41. The molecule has 0 unspecified atom stereocenters. The van der Waals surface area contributed by atoms with Gasteiger partial charge < -0.3 is 0 Å². The Morgan fingerprint density at radius 3 is 0.500 bits per heavy atom. The van der Waals surface area contributed by atoms with Gasteiger partial charge in [-0.3, -0.25) is 0 Å². The van der Waals surface area contributed by atoms with E-state index in [4.69, 9.17) is 0 Å². The number of hydrogen-bond donors (Lipinski definition) is 0. The highest BCUT2D eigenvalue weighted by molar-refractivity contribution is 14.1. The van der Waals surface area contributed by atoms with Crippen molar-refractivity contribution in [2.75, 3.05) is 0 Å². The Kier molecular flexibility index (Phi) is 6.59.